The molecule has 0 saturated carbocycles. The summed E-state index contributed by atoms with van der Waals surface area (Å²) in [6.07, 6.45) is 2.35. The molecule has 1 heterocycles. The number of aliphatic hydroxyl groups is 1. The molecule has 0 radical (unpaired) electrons. The number of pyridine rings is 1. The van der Waals surface area contributed by atoms with Gasteiger partial charge in [-0.2, -0.15) is 0 Å². The summed E-state index contributed by atoms with van der Waals surface area (Å²) in [6.45, 7) is 9.04. The lowest BCUT2D eigenvalue weighted by Gasteiger charge is -2.22. The van der Waals surface area contributed by atoms with Crippen molar-refractivity contribution in [1.29, 1.82) is 0 Å². The number of likely N-dealkylation sites (N-methyl/N-ethyl adjacent to an activating group) is 1. The molecule has 1 aromatic carbocycles. The van der Waals surface area contributed by atoms with Crippen LogP contribution in [-0.4, -0.2) is 40.6 Å². The summed E-state index contributed by atoms with van der Waals surface area (Å²) in [5.74, 6) is 0.579. The number of rotatable bonds is 8. The second kappa shape index (κ2) is 8.81. The third-order valence-corrected chi connectivity index (χ3v) is 4.26. The number of hydrogen-bond acceptors (Lipinski definition) is 4. The van der Waals surface area contributed by atoms with Gasteiger partial charge in [-0.05, 0) is 45.9 Å². The third-order valence-electron chi connectivity index (χ3n) is 4.26. The number of aromatic nitrogens is 1. The minimum Gasteiger partial charge on any atom is -0.493 e. The van der Waals surface area contributed by atoms with Crippen molar-refractivity contribution in [3.63, 3.8) is 0 Å². The Bertz CT molecular complexity index is 721. The van der Waals surface area contributed by atoms with Gasteiger partial charge in [0.05, 0.1) is 17.8 Å². The monoisotopic (exact) mass is 356 g/mol. The van der Waals surface area contributed by atoms with E-state index in [-0.39, 0.29) is 5.91 Å². The number of hydrogen-bond donors (Lipinski definition) is 1. The van der Waals surface area contributed by atoms with Crippen LogP contribution >= 0.6 is 0 Å². The van der Waals surface area contributed by atoms with E-state index in [0.29, 0.717) is 37.4 Å². The number of carbonyl (C=O) groups excluding carboxylic acids is 1. The summed E-state index contributed by atoms with van der Waals surface area (Å²) < 4.78 is 5.58. The highest BCUT2D eigenvalue weighted by Crippen LogP contribution is 2.21. The van der Waals surface area contributed by atoms with Crippen molar-refractivity contribution in [2.45, 2.75) is 39.7 Å². The van der Waals surface area contributed by atoms with Crippen LogP contribution in [0.5, 0.6) is 5.75 Å². The lowest BCUT2D eigenvalue weighted by atomic mass is 10.0. The first-order valence-corrected chi connectivity index (χ1v) is 9.05. The molecular formula is C21H28N2O3. The Balaban J connectivity index is 2.06. The van der Waals surface area contributed by atoms with Gasteiger partial charge in [0.2, 0.25) is 0 Å². The van der Waals surface area contributed by atoms with Crippen LogP contribution < -0.4 is 4.74 Å². The Hall–Kier alpha value is -2.40. The van der Waals surface area contributed by atoms with Crippen LogP contribution in [0.15, 0.2) is 42.6 Å². The summed E-state index contributed by atoms with van der Waals surface area (Å²) in [5, 5.41) is 10.00. The Kier molecular flexibility index (Phi) is 6.75. The molecule has 0 spiro atoms. The summed E-state index contributed by atoms with van der Waals surface area (Å²) in [7, 11) is 0. The molecule has 2 aromatic rings. The van der Waals surface area contributed by atoms with Crippen LogP contribution in [-0.2, 0) is 12.0 Å². The molecular weight excluding hydrogens is 328 g/mol. The molecule has 26 heavy (non-hydrogen) atoms. The highest BCUT2D eigenvalue weighted by Gasteiger charge is 2.19. The van der Waals surface area contributed by atoms with Gasteiger partial charge in [-0.3, -0.25) is 9.78 Å². The number of nitrogens with zero attached hydrogens (tertiary/aromatic N) is 2. The molecule has 0 aliphatic heterocycles. The molecule has 0 bridgehead atoms. The van der Waals surface area contributed by atoms with E-state index in [0.717, 1.165) is 11.3 Å². The van der Waals surface area contributed by atoms with Gasteiger partial charge in [0.1, 0.15) is 5.75 Å². The Labute approximate surface area is 155 Å². The predicted octanol–water partition coefficient (Wildman–Crippen LogP) is 3.41. The van der Waals surface area contributed by atoms with Crippen LogP contribution in [0.2, 0.25) is 0 Å². The van der Waals surface area contributed by atoms with Crippen molar-refractivity contribution in [1.82, 2.24) is 9.88 Å². The summed E-state index contributed by atoms with van der Waals surface area (Å²) >= 11 is 0. The lowest BCUT2D eigenvalue weighted by molar-refractivity contribution is 0.0761. The van der Waals surface area contributed by atoms with Crippen LogP contribution in [0.3, 0.4) is 0 Å². The molecule has 5 heteroatoms. The molecule has 1 aromatic heterocycles. The highest BCUT2D eigenvalue weighted by atomic mass is 16.5. The average Bonchev–Trinajstić information content (AvgIpc) is 2.62. The second-order valence-corrected chi connectivity index (χ2v) is 6.66. The van der Waals surface area contributed by atoms with Gasteiger partial charge in [0, 0.05) is 37.0 Å². The fourth-order valence-corrected chi connectivity index (χ4v) is 2.68. The van der Waals surface area contributed by atoms with E-state index in [4.69, 9.17) is 4.74 Å². The number of amides is 1. The number of carbonyl (C=O) groups is 1. The quantitative estimate of drug-likeness (QED) is 0.787. The van der Waals surface area contributed by atoms with Gasteiger partial charge in [0.25, 0.3) is 5.91 Å². The van der Waals surface area contributed by atoms with Crippen molar-refractivity contribution < 1.29 is 14.6 Å². The number of benzene rings is 1. The van der Waals surface area contributed by atoms with E-state index in [1.165, 1.54) is 0 Å². The summed E-state index contributed by atoms with van der Waals surface area (Å²) in [4.78, 5) is 19.1. The minimum atomic E-state index is -0.903. The topological polar surface area (TPSA) is 62.7 Å². The van der Waals surface area contributed by atoms with Crippen molar-refractivity contribution in [2.75, 3.05) is 19.7 Å². The number of ether oxygens (including phenoxy) is 1. The Morgan fingerprint density at radius 2 is 1.92 bits per heavy atom. The minimum absolute atomic E-state index is 0.0374. The van der Waals surface area contributed by atoms with Crippen molar-refractivity contribution in [3.8, 4) is 5.75 Å². The molecule has 0 fully saturated rings. The molecule has 0 atom stereocenters. The van der Waals surface area contributed by atoms with E-state index in [2.05, 4.69) is 4.98 Å². The third kappa shape index (κ3) is 5.05. The Morgan fingerprint density at radius 1 is 1.19 bits per heavy atom. The smallest absolute Gasteiger partial charge is 0.257 e. The van der Waals surface area contributed by atoms with Gasteiger partial charge < -0.3 is 14.7 Å². The van der Waals surface area contributed by atoms with Crippen molar-refractivity contribution in [2.24, 2.45) is 0 Å². The molecule has 5 nitrogen and oxygen atoms in total. The zero-order valence-electron chi connectivity index (χ0n) is 16.0. The maximum atomic E-state index is 12.9. The standard InChI is InChI=1S/C21H28N2O3/c1-5-23(20(24)18-9-7-8-10-19(18)26-6-2)14-13-17-12-11-16(15-22-17)21(3,4)25/h7-12,15,25H,5-6,13-14H2,1-4H3. The largest absolute Gasteiger partial charge is 0.493 e. The SMILES string of the molecule is CCOc1ccccc1C(=O)N(CC)CCc1ccc(C(C)(C)O)cn1. The van der Waals surface area contributed by atoms with Gasteiger partial charge in [-0.1, -0.05) is 18.2 Å². The molecule has 0 aliphatic carbocycles. The average molecular weight is 356 g/mol. The second-order valence-electron chi connectivity index (χ2n) is 6.66. The number of para-hydroxylation sites is 1. The van der Waals surface area contributed by atoms with E-state index in [1.807, 2.05) is 44.2 Å². The summed E-state index contributed by atoms with van der Waals surface area (Å²) in [6, 6.07) is 11.1. The van der Waals surface area contributed by atoms with E-state index >= 15 is 0 Å². The van der Waals surface area contributed by atoms with E-state index in [1.54, 1.807) is 31.0 Å². The first-order chi connectivity index (χ1) is 12.4. The first-order valence-electron chi connectivity index (χ1n) is 9.05. The van der Waals surface area contributed by atoms with Crippen molar-refractivity contribution >= 4 is 5.91 Å². The zero-order chi connectivity index (χ0) is 19.2. The maximum Gasteiger partial charge on any atom is 0.257 e. The van der Waals surface area contributed by atoms with Gasteiger partial charge >= 0.3 is 0 Å². The van der Waals surface area contributed by atoms with E-state index < -0.39 is 5.60 Å². The molecule has 0 unspecified atom stereocenters. The van der Waals surface area contributed by atoms with E-state index in [9.17, 15) is 9.90 Å². The molecule has 1 amide bonds. The lowest BCUT2D eigenvalue weighted by Crippen LogP contribution is -2.33. The van der Waals surface area contributed by atoms with Crippen LogP contribution in [0, 0.1) is 0 Å². The van der Waals surface area contributed by atoms with Crippen molar-refractivity contribution in [3.05, 3.63) is 59.4 Å². The maximum absolute atomic E-state index is 12.9. The van der Waals surface area contributed by atoms with Gasteiger partial charge in [0.15, 0.2) is 0 Å². The zero-order valence-corrected chi connectivity index (χ0v) is 16.0. The normalized spacial score (nSPS) is 11.3. The molecule has 2 rings (SSSR count). The van der Waals surface area contributed by atoms with Crippen LogP contribution in [0.25, 0.3) is 0 Å². The summed E-state index contributed by atoms with van der Waals surface area (Å²) in [5.41, 5.74) is 1.35. The highest BCUT2D eigenvalue weighted by molar-refractivity contribution is 5.96. The first kappa shape index (κ1) is 19.9. The fourth-order valence-electron chi connectivity index (χ4n) is 2.68. The van der Waals surface area contributed by atoms with Gasteiger partial charge in [-0.15, -0.1) is 0 Å². The fraction of sp³-hybridized carbons (Fsp3) is 0.429. The Morgan fingerprint density at radius 3 is 2.50 bits per heavy atom. The van der Waals surface area contributed by atoms with Crippen LogP contribution in [0.1, 0.15) is 49.3 Å². The molecule has 1 N–H and O–H groups in total. The molecule has 0 saturated heterocycles. The van der Waals surface area contributed by atoms with Crippen LogP contribution in [0.4, 0.5) is 0 Å². The van der Waals surface area contributed by atoms with Gasteiger partial charge in [-0.25, -0.2) is 0 Å². The predicted molar refractivity (Wildman–Crippen MR) is 102 cm³/mol. The molecule has 0 aliphatic rings. The molecule has 140 valence electrons.